The molecule has 0 spiro atoms. The van der Waals surface area contributed by atoms with Crippen molar-refractivity contribution in [3.8, 4) is 6.07 Å². The molecule has 1 rings (SSSR count). The first-order valence-electron chi connectivity index (χ1n) is 6.90. The van der Waals surface area contributed by atoms with E-state index in [1.807, 2.05) is 26.0 Å². The Morgan fingerprint density at radius 2 is 1.84 bits per heavy atom. The quantitative estimate of drug-likeness (QED) is 0.724. The minimum absolute atomic E-state index is 0.177. The summed E-state index contributed by atoms with van der Waals surface area (Å²) in [6.07, 6.45) is 4.24. The molecule has 0 heterocycles. The average Bonchev–Trinajstić information content (AvgIpc) is 2.40. The summed E-state index contributed by atoms with van der Waals surface area (Å²) in [7, 11) is 0. The first kappa shape index (κ1) is 16.0. The van der Waals surface area contributed by atoms with Crippen LogP contribution in [0.5, 0.6) is 0 Å². The number of halogens is 1. The van der Waals surface area contributed by atoms with Crippen LogP contribution in [0.25, 0.3) is 0 Å². The third kappa shape index (κ3) is 7.20. The van der Waals surface area contributed by atoms with E-state index in [0.29, 0.717) is 0 Å². The standard InChI is InChI=1S/C16H23ClN2/c1-16(2,13-18)10-3-4-11-19-12-9-14-5-7-15(17)8-6-14/h5-8,19H,3-4,9-12H2,1-2H3. The number of nitrogens with zero attached hydrogens (tertiary/aromatic N) is 1. The Balaban J connectivity index is 2.03. The van der Waals surface area contributed by atoms with Gasteiger partial charge >= 0.3 is 0 Å². The summed E-state index contributed by atoms with van der Waals surface area (Å²) in [5.41, 5.74) is 1.13. The smallest absolute Gasteiger partial charge is 0.0683 e. The largest absolute Gasteiger partial charge is 0.316 e. The van der Waals surface area contributed by atoms with Gasteiger partial charge in [-0.05, 0) is 63.9 Å². The van der Waals surface area contributed by atoms with Crippen molar-refractivity contribution in [2.75, 3.05) is 13.1 Å². The van der Waals surface area contributed by atoms with Crippen molar-refractivity contribution in [2.24, 2.45) is 5.41 Å². The fourth-order valence-electron chi connectivity index (χ4n) is 1.88. The van der Waals surface area contributed by atoms with E-state index in [9.17, 15) is 0 Å². The van der Waals surface area contributed by atoms with Gasteiger partial charge in [-0.3, -0.25) is 0 Å². The molecule has 0 aliphatic heterocycles. The van der Waals surface area contributed by atoms with Crippen LogP contribution in [0.15, 0.2) is 24.3 Å². The molecule has 19 heavy (non-hydrogen) atoms. The van der Waals surface area contributed by atoms with Crippen molar-refractivity contribution >= 4 is 11.6 Å². The maximum Gasteiger partial charge on any atom is 0.0683 e. The lowest BCUT2D eigenvalue weighted by molar-refractivity contribution is 0.423. The van der Waals surface area contributed by atoms with Crippen molar-refractivity contribution < 1.29 is 0 Å². The van der Waals surface area contributed by atoms with Gasteiger partial charge in [0, 0.05) is 5.02 Å². The van der Waals surface area contributed by atoms with E-state index in [4.69, 9.17) is 16.9 Å². The van der Waals surface area contributed by atoms with Gasteiger partial charge in [-0.25, -0.2) is 0 Å². The Morgan fingerprint density at radius 1 is 1.16 bits per heavy atom. The zero-order valence-electron chi connectivity index (χ0n) is 11.9. The lowest BCUT2D eigenvalue weighted by Gasteiger charge is -2.14. The second kappa shape index (κ2) is 8.19. The van der Waals surface area contributed by atoms with E-state index in [1.54, 1.807) is 0 Å². The fraction of sp³-hybridized carbons (Fsp3) is 0.562. The first-order valence-corrected chi connectivity index (χ1v) is 7.28. The zero-order chi connectivity index (χ0) is 14.1. The molecule has 0 aliphatic rings. The Morgan fingerprint density at radius 3 is 2.47 bits per heavy atom. The van der Waals surface area contributed by atoms with Gasteiger partial charge < -0.3 is 5.32 Å². The number of nitrogens with one attached hydrogen (secondary N) is 1. The van der Waals surface area contributed by atoms with Crippen molar-refractivity contribution in [3.63, 3.8) is 0 Å². The molecule has 0 atom stereocenters. The molecule has 0 radical (unpaired) electrons. The minimum atomic E-state index is -0.177. The Bertz CT molecular complexity index is 404. The van der Waals surface area contributed by atoms with E-state index in [2.05, 4.69) is 23.5 Å². The summed E-state index contributed by atoms with van der Waals surface area (Å²) in [6.45, 7) is 6.01. The second-order valence-electron chi connectivity index (χ2n) is 5.58. The maximum atomic E-state index is 8.91. The van der Waals surface area contributed by atoms with Gasteiger partial charge in [-0.1, -0.05) is 30.2 Å². The van der Waals surface area contributed by atoms with E-state index in [-0.39, 0.29) is 5.41 Å². The highest BCUT2D eigenvalue weighted by atomic mass is 35.5. The van der Waals surface area contributed by atoms with Gasteiger partial charge in [0.15, 0.2) is 0 Å². The van der Waals surface area contributed by atoms with Crippen LogP contribution in [0.3, 0.4) is 0 Å². The first-order chi connectivity index (χ1) is 9.03. The molecule has 1 N–H and O–H groups in total. The molecule has 0 unspecified atom stereocenters. The molecule has 2 nitrogen and oxygen atoms in total. The molecule has 0 aliphatic carbocycles. The fourth-order valence-corrected chi connectivity index (χ4v) is 2.01. The lowest BCUT2D eigenvalue weighted by Crippen LogP contribution is -2.19. The van der Waals surface area contributed by atoms with Gasteiger partial charge in [-0.15, -0.1) is 0 Å². The number of unbranched alkanes of at least 4 members (excludes halogenated alkanes) is 1. The highest BCUT2D eigenvalue weighted by Gasteiger charge is 2.14. The van der Waals surface area contributed by atoms with Gasteiger partial charge in [0.05, 0.1) is 11.5 Å². The van der Waals surface area contributed by atoms with E-state index >= 15 is 0 Å². The predicted molar refractivity (Wildman–Crippen MR) is 81.3 cm³/mol. The van der Waals surface area contributed by atoms with Crippen LogP contribution in [0.1, 0.15) is 38.7 Å². The van der Waals surface area contributed by atoms with Crippen LogP contribution in [-0.4, -0.2) is 13.1 Å². The maximum absolute atomic E-state index is 8.91. The van der Waals surface area contributed by atoms with Crippen molar-refractivity contribution in [1.82, 2.24) is 5.32 Å². The zero-order valence-corrected chi connectivity index (χ0v) is 12.6. The summed E-state index contributed by atoms with van der Waals surface area (Å²) in [5, 5.41) is 13.1. The molecular weight excluding hydrogens is 256 g/mol. The minimum Gasteiger partial charge on any atom is -0.316 e. The Hall–Kier alpha value is -1.04. The molecule has 0 aromatic heterocycles. The second-order valence-corrected chi connectivity index (χ2v) is 6.02. The molecule has 0 bridgehead atoms. The summed E-state index contributed by atoms with van der Waals surface area (Å²) >= 11 is 5.84. The summed E-state index contributed by atoms with van der Waals surface area (Å²) in [4.78, 5) is 0. The predicted octanol–water partition coefficient (Wildman–Crippen LogP) is 4.19. The van der Waals surface area contributed by atoms with Gasteiger partial charge in [-0.2, -0.15) is 5.26 Å². The summed E-state index contributed by atoms with van der Waals surface area (Å²) in [5.74, 6) is 0. The van der Waals surface area contributed by atoms with Gasteiger partial charge in [0.25, 0.3) is 0 Å². The highest BCUT2D eigenvalue weighted by Crippen LogP contribution is 2.21. The van der Waals surface area contributed by atoms with E-state index < -0.39 is 0 Å². The normalized spacial score (nSPS) is 11.3. The van der Waals surface area contributed by atoms with E-state index in [1.165, 1.54) is 5.56 Å². The molecule has 1 aromatic carbocycles. The lowest BCUT2D eigenvalue weighted by atomic mass is 9.89. The number of benzene rings is 1. The van der Waals surface area contributed by atoms with Crippen molar-refractivity contribution in [2.45, 2.75) is 39.5 Å². The van der Waals surface area contributed by atoms with Crippen molar-refractivity contribution in [1.29, 1.82) is 5.26 Å². The molecule has 0 fully saturated rings. The Labute approximate surface area is 121 Å². The molecule has 3 heteroatoms. The molecular formula is C16H23ClN2. The number of hydrogen-bond acceptors (Lipinski definition) is 2. The topological polar surface area (TPSA) is 35.8 Å². The molecule has 0 saturated carbocycles. The van der Waals surface area contributed by atoms with Crippen LogP contribution < -0.4 is 5.32 Å². The molecule has 0 saturated heterocycles. The molecule has 1 aromatic rings. The summed E-state index contributed by atoms with van der Waals surface area (Å²) < 4.78 is 0. The highest BCUT2D eigenvalue weighted by molar-refractivity contribution is 6.30. The van der Waals surface area contributed by atoms with Crippen molar-refractivity contribution in [3.05, 3.63) is 34.9 Å². The number of nitriles is 1. The SMILES string of the molecule is CC(C)(C#N)CCCCNCCc1ccc(Cl)cc1. The van der Waals surface area contributed by atoms with Crippen LogP contribution in [0.2, 0.25) is 5.02 Å². The monoisotopic (exact) mass is 278 g/mol. The molecule has 0 amide bonds. The number of hydrogen-bond donors (Lipinski definition) is 1. The Kier molecular flexibility index (Phi) is 6.91. The third-order valence-corrected chi connectivity index (χ3v) is 3.46. The van der Waals surface area contributed by atoms with E-state index in [0.717, 1.165) is 43.8 Å². The van der Waals surface area contributed by atoms with Gasteiger partial charge in [0.1, 0.15) is 0 Å². The average molecular weight is 279 g/mol. The third-order valence-electron chi connectivity index (χ3n) is 3.21. The van der Waals surface area contributed by atoms with Crippen LogP contribution >= 0.6 is 11.6 Å². The van der Waals surface area contributed by atoms with Gasteiger partial charge in [0.2, 0.25) is 0 Å². The van der Waals surface area contributed by atoms with Crippen LogP contribution in [-0.2, 0) is 6.42 Å². The molecule has 104 valence electrons. The number of rotatable bonds is 8. The van der Waals surface area contributed by atoms with Crippen LogP contribution in [0.4, 0.5) is 0 Å². The van der Waals surface area contributed by atoms with Crippen LogP contribution in [0, 0.1) is 16.7 Å². The summed E-state index contributed by atoms with van der Waals surface area (Å²) in [6, 6.07) is 10.3.